The van der Waals surface area contributed by atoms with Crippen molar-refractivity contribution in [2.75, 3.05) is 0 Å². The van der Waals surface area contributed by atoms with Crippen molar-refractivity contribution in [1.29, 1.82) is 5.41 Å². The first-order valence-electron chi connectivity index (χ1n) is 7.39. The average molecular weight is 363 g/mol. The Labute approximate surface area is 145 Å². The Morgan fingerprint density at radius 2 is 1.81 bits per heavy atom. The highest BCUT2D eigenvalue weighted by Crippen LogP contribution is 2.33. The van der Waals surface area contributed by atoms with Crippen molar-refractivity contribution in [3.05, 3.63) is 59.0 Å². The molecule has 5 nitrogen and oxygen atoms in total. The Hall–Kier alpha value is -3.29. The van der Waals surface area contributed by atoms with Crippen LogP contribution in [0.25, 0.3) is 22.1 Å². The Balaban J connectivity index is 2.11. The molecule has 0 aliphatic rings. The molecule has 0 aliphatic carbocycles. The lowest BCUT2D eigenvalue weighted by Gasteiger charge is -2.13. The minimum Gasteiger partial charge on any atom is -0.444 e. The monoisotopic (exact) mass is 363 g/mol. The molecule has 1 heterocycles. The topological polar surface area (TPSA) is 72.5 Å². The van der Waals surface area contributed by atoms with E-state index < -0.39 is 17.7 Å². The third-order valence-electron chi connectivity index (χ3n) is 3.38. The van der Waals surface area contributed by atoms with Gasteiger partial charge in [-0.15, -0.1) is 13.2 Å². The molecule has 0 saturated heterocycles. The maximum absolute atomic E-state index is 12.6. The SMILES string of the molecule is CC(=N)Oc1ccc2cc(-c3ccccc3OC(F)(F)F)c(=O)oc2c1. The molecule has 3 rings (SSSR count). The average Bonchev–Trinajstić information content (AvgIpc) is 2.53. The fourth-order valence-corrected chi connectivity index (χ4v) is 2.42. The highest BCUT2D eigenvalue weighted by Gasteiger charge is 2.32. The minimum atomic E-state index is -4.88. The quantitative estimate of drug-likeness (QED) is 0.415. The van der Waals surface area contributed by atoms with Crippen LogP contribution in [0.2, 0.25) is 0 Å². The molecular formula is C18H12F3NO4. The molecule has 2 aromatic carbocycles. The summed E-state index contributed by atoms with van der Waals surface area (Å²) in [5.74, 6) is -0.228. The van der Waals surface area contributed by atoms with Gasteiger partial charge in [-0.05, 0) is 24.3 Å². The van der Waals surface area contributed by atoms with Gasteiger partial charge in [0, 0.05) is 23.9 Å². The summed E-state index contributed by atoms with van der Waals surface area (Å²) in [6.07, 6.45) is -4.88. The number of halogens is 3. The van der Waals surface area contributed by atoms with E-state index in [-0.39, 0.29) is 22.6 Å². The lowest BCUT2D eigenvalue weighted by Crippen LogP contribution is -2.18. The molecule has 134 valence electrons. The van der Waals surface area contributed by atoms with Crippen LogP contribution < -0.4 is 15.1 Å². The predicted molar refractivity (Wildman–Crippen MR) is 88.6 cm³/mol. The Bertz CT molecular complexity index is 1040. The largest absolute Gasteiger partial charge is 0.573 e. The minimum absolute atomic E-state index is 0.0314. The van der Waals surface area contributed by atoms with Crippen molar-refractivity contribution in [2.45, 2.75) is 13.3 Å². The number of ether oxygens (including phenoxy) is 2. The molecule has 8 heteroatoms. The fraction of sp³-hybridized carbons (Fsp3) is 0.111. The van der Waals surface area contributed by atoms with Crippen molar-refractivity contribution >= 4 is 16.9 Å². The van der Waals surface area contributed by atoms with Crippen LogP contribution in [-0.4, -0.2) is 12.3 Å². The van der Waals surface area contributed by atoms with Gasteiger partial charge in [0.05, 0.1) is 5.56 Å². The summed E-state index contributed by atoms with van der Waals surface area (Å²) < 4.78 is 52.1. The standard InChI is InChI=1S/C18H12F3NO4/c1-10(22)24-12-7-6-11-8-14(17(23)25-16(11)9-12)13-4-2-3-5-15(13)26-18(19,20)21/h2-9,22H,1H3. The molecule has 1 aromatic heterocycles. The van der Waals surface area contributed by atoms with Crippen molar-refractivity contribution in [2.24, 2.45) is 0 Å². The summed E-state index contributed by atoms with van der Waals surface area (Å²) in [7, 11) is 0. The fourth-order valence-electron chi connectivity index (χ4n) is 2.42. The van der Waals surface area contributed by atoms with E-state index in [1.54, 1.807) is 12.1 Å². The second kappa shape index (κ2) is 6.55. The van der Waals surface area contributed by atoms with Crippen LogP contribution >= 0.6 is 0 Å². The molecule has 0 aliphatic heterocycles. The molecular weight excluding hydrogens is 351 g/mol. The van der Waals surface area contributed by atoms with Gasteiger partial charge >= 0.3 is 12.0 Å². The van der Waals surface area contributed by atoms with Gasteiger partial charge in [0.1, 0.15) is 17.1 Å². The number of para-hydroxylation sites is 1. The van der Waals surface area contributed by atoms with Gasteiger partial charge in [0.25, 0.3) is 0 Å². The Morgan fingerprint density at radius 3 is 2.50 bits per heavy atom. The molecule has 0 amide bonds. The van der Waals surface area contributed by atoms with E-state index in [1.807, 2.05) is 0 Å². The lowest BCUT2D eigenvalue weighted by molar-refractivity contribution is -0.274. The molecule has 0 saturated carbocycles. The predicted octanol–water partition coefficient (Wildman–Crippen LogP) is 4.73. The van der Waals surface area contributed by atoms with Crippen LogP contribution in [0.3, 0.4) is 0 Å². The molecule has 26 heavy (non-hydrogen) atoms. The van der Waals surface area contributed by atoms with E-state index in [4.69, 9.17) is 14.6 Å². The molecule has 3 aromatic rings. The summed E-state index contributed by atoms with van der Waals surface area (Å²) in [5, 5.41) is 7.79. The Kier molecular flexibility index (Phi) is 4.41. The molecule has 0 atom stereocenters. The van der Waals surface area contributed by atoms with Crippen molar-refractivity contribution < 1.29 is 27.1 Å². The summed E-state index contributed by atoms with van der Waals surface area (Å²) in [4.78, 5) is 12.3. The zero-order chi connectivity index (χ0) is 18.9. The second-order valence-corrected chi connectivity index (χ2v) is 5.35. The first-order valence-corrected chi connectivity index (χ1v) is 7.39. The van der Waals surface area contributed by atoms with Crippen LogP contribution in [-0.2, 0) is 0 Å². The normalized spacial score (nSPS) is 11.4. The zero-order valence-corrected chi connectivity index (χ0v) is 13.4. The van der Waals surface area contributed by atoms with Gasteiger partial charge in [-0.1, -0.05) is 18.2 Å². The van der Waals surface area contributed by atoms with Crippen molar-refractivity contribution in [1.82, 2.24) is 0 Å². The number of alkyl halides is 3. The number of nitrogens with one attached hydrogen (secondary N) is 1. The maximum Gasteiger partial charge on any atom is 0.573 e. The number of benzene rings is 2. The number of rotatable bonds is 3. The van der Waals surface area contributed by atoms with E-state index in [9.17, 15) is 18.0 Å². The van der Waals surface area contributed by atoms with E-state index in [0.717, 1.165) is 6.07 Å². The van der Waals surface area contributed by atoms with E-state index >= 15 is 0 Å². The van der Waals surface area contributed by atoms with Gasteiger partial charge in [0.2, 0.25) is 0 Å². The van der Waals surface area contributed by atoms with E-state index in [0.29, 0.717) is 11.1 Å². The molecule has 0 fully saturated rings. The third kappa shape index (κ3) is 3.85. The summed E-state index contributed by atoms with van der Waals surface area (Å²) >= 11 is 0. The van der Waals surface area contributed by atoms with E-state index in [1.165, 1.54) is 37.3 Å². The number of hydrogen-bond donors (Lipinski definition) is 1. The zero-order valence-electron chi connectivity index (χ0n) is 13.4. The van der Waals surface area contributed by atoms with Gasteiger partial charge in [-0.2, -0.15) is 0 Å². The highest BCUT2D eigenvalue weighted by atomic mass is 19.4. The van der Waals surface area contributed by atoms with Gasteiger partial charge in [-0.25, -0.2) is 4.79 Å². The lowest BCUT2D eigenvalue weighted by atomic mass is 10.0. The van der Waals surface area contributed by atoms with Gasteiger partial charge in [-0.3, -0.25) is 5.41 Å². The number of fused-ring (bicyclic) bond motifs is 1. The van der Waals surface area contributed by atoms with Crippen molar-refractivity contribution in [3.63, 3.8) is 0 Å². The summed E-state index contributed by atoms with van der Waals surface area (Å²) in [5.41, 5.74) is -0.725. The first kappa shape index (κ1) is 17.5. The second-order valence-electron chi connectivity index (χ2n) is 5.35. The van der Waals surface area contributed by atoms with Gasteiger partial charge < -0.3 is 13.9 Å². The molecule has 0 bridgehead atoms. The first-order chi connectivity index (χ1) is 12.2. The highest BCUT2D eigenvalue weighted by molar-refractivity contribution is 5.84. The van der Waals surface area contributed by atoms with Crippen LogP contribution in [0.5, 0.6) is 11.5 Å². The van der Waals surface area contributed by atoms with Crippen molar-refractivity contribution in [3.8, 4) is 22.6 Å². The van der Waals surface area contributed by atoms with Gasteiger partial charge in [0.15, 0.2) is 5.90 Å². The molecule has 0 unspecified atom stereocenters. The summed E-state index contributed by atoms with van der Waals surface area (Å²) in [6, 6.07) is 11.3. The smallest absolute Gasteiger partial charge is 0.444 e. The van der Waals surface area contributed by atoms with Crippen LogP contribution in [0.1, 0.15) is 6.92 Å². The molecule has 0 radical (unpaired) electrons. The number of hydrogen-bond acceptors (Lipinski definition) is 5. The molecule has 0 spiro atoms. The third-order valence-corrected chi connectivity index (χ3v) is 3.38. The maximum atomic E-state index is 12.6. The Morgan fingerprint density at radius 1 is 1.08 bits per heavy atom. The van der Waals surface area contributed by atoms with Crippen LogP contribution in [0.4, 0.5) is 13.2 Å². The molecule has 1 N–H and O–H groups in total. The van der Waals surface area contributed by atoms with Crippen LogP contribution in [0.15, 0.2) is 57.7 Å². The van der Waals surface area contributed by atoms with Crippen LogP contribution in [0, 0.1) is 5.41 Å². The summed E-state index contributed by atoms with van der Waals surface area (Å²) in [6.45, 7) is 1.45. The van der Waals surface area contributed by atoms with E-state index in [2.05, 4.69) is 4.74 Å².